The predicted octanol–water partition coefficient (Wildman–Crippen LogP) is 0.363. The minimum Gasteiger partial charge on any atom is -0.497 e. The van der Waals surface area contributed by atoms with Crippen LogP contribution in [0.25, 0.3) is 0 Å². The molecule has 1 aliphatic heterocycles. The summed E-state index contributed by atoms with van der Waals surface area (Å²) in [5.74, 6) is -0.799. The van der Waals surface area contributed by atoms with E-state index in [1.54, 1.807) is 18.2 Å². The third-order valence-corrected chi connectivity index (χ3v) is 4.11. The standard InChI is InChI=1S/C18H24N2O7/c1-24-7-6-19-16(21)11-27-18(23)12-8-17(22)20(10-12)14-5-4-13(25-2)9-15(14)26-3/h4-5,9,12H,6-8,10-11H2,1-3H3,(H,19,21)/t12-/m0/s1. The van der Waals surface area contributed by atoms with Gasteiger partial charge in [-0.2, -0.15) is 0 Å². The van der Waals surface area contributed by atoms with Crippen LogP contribution in [0, 0.1) is 5.92 Å². The Morgan fingerprint density at radius 3 is 2.67 bits per heavy atom. The van der Waals surface area contributed by atoms with Crippen LogP contribution in [0.4, 0.5) is 5.69 Å². The van der Waals surface area contributed by atoms with Crippen molar-refractivity contribution < 1.29 is 33.3 Å². The van der Waals surface area contributed by atoms with E-state index in [0.717, 1.165) is 0 Å². The molecule has 0 saturated carbocycles. The first-order valence-electron chi connectivity index (χ1n) is 8.44. The number of hydrogen-bond acceptors (Lipinski definition) is 7. The Balaban J connectivity index is 1.95. The van der Waals surface area contributed by atoms with Gasteiger partial charge in [0.25, 0.3) is 5.91 Å². The molecule has 1 aromatic rings. The van der Waals surface area contributed by atoms with E-state index in [0.29, 0.717) is 30.3 Å². The van der Waals surface area contributed by atoms with E-state index in [9.17, 15) is 14.4 Å². The smallest absolute Gasteiger partial charge is 0.311 e. The molecule has 1 aromatic carbocycles. The van der Waals surface area contributed by atoms with Crippen molar-refractivity contribution in [1.82, 2.24) is 5.32 Å². The summed E-state index contributed by atoms with van der Waals surface area (Å²) < 4.78 is 20.3. The van der Waals surface area contributed by atoms with Crippen molar-refractivity contribution in [1.29, 1.82) is 0 Å². The number of esters is 1. The van der Waals surface area contributed by atoms with Gasteiger partial charge in [0, 0.05) is 32.7 Å². The summed E-state index contributed by atoms with van der Waals surface area (Å²) in [7, 11) is 4.55. The van der Waals surface area contributed by atoms with E-state index in [2.05, 4.69) is 5.32 Å². The monoisotopic (exact) mass is 380 g/mol. The second-order valence-corrected chi connectivity index (χ2v) is 5.89. The maximum absolute atomic E-state index is 12.4. The zero-order valence-corrected chi connectivity index (χ0v) is 15.6. The Kier molecular flexibility index (Phi) is 7.42. The van der Waals surface area contributed by atoms with Crippen LogP contribution < -0.4 is 19.7 Å². The summed E-state index contributed by atoms with van der Waals surface area (Å²) in [4.78, 5) is 37.6. The van der Waals surface area contributed by atoms with E-state index < -0.39 is 17.8 Å². The first kappa shape index (κ1) is 20.5. The average molecular weight is 380 g/mol. The number of rotatable bonds is 9. The number of hydrogen-bond donors (Lipinski definition) is 1. The van der Waals surface area contributed by atoms with Gasteiger partial charge in [-0.1, -0.05) is 0 Å². The number of ether oxygens (including phenoxy) is 4. The average Bonchev–Trinajstić information content (AvgIpc) is 3.07. The molecule has 1 heterocycles. The van der Waals surface area contributed by atoms with Crippen LogP contribution in [-0.2, 0) is 23.9 Å². The molecule has 1 atom stereocenters. The number of nitrogens with zero attached hydrogens (tertiary/aromatic N) is 1. The lowest BCUT2D eigenvalue weighted by Crippen LogP contribution is -2.33. The fourth-order valence-corrected chi connectivity index (χ4v) is 2.70. The summed E-state index contributed by atoms with van der Waals surface area (Å²) in [5.41, 5.74) is 0.552. The van der Waals surface area contributed by atoms with Crippen LogP contribution in [0.15, 0.2) is 18.2 Å². The summed E-state index contributed by atoms with van der Waals surface area (Å²) in [5, 5.41) is 2.55. The Labute approximate surface area is 157 Å². The minimum atomic E-state index is -0.643. The first-order valence-corrected chi connectivity index (χ1v) is 8.44. The van der Waals surface area contributed by atoms with Crippen molar-refractivity contribution >= 4 is 23.5 Å². The van der Waals surface area contributed by atoms with Crippen LogP contribution in [0.3, 0.4) is 0 Å². The maximum atomic E-state index is 12.4. The van der Waals surface area contributed by atoms with Crippen molar-refractivity contribution in [2.24, 2.45) is 5.92 Å². The highest BCUT2D eigenvalue weighted by molar-refractivity contribution is 6.00. The van der Waals surface area contributed by atoms with Gasteiger partial charge in [-0.15, -0.1) is 0 Å². The van der Waals surface area contributed by atoms with Gasteiger partial charge in [0.05, 0.1) is 32.4 Å². The molecule has 0 bridgehead atoms. The van der Waals surface area contributed by atoms with Crippen LogP contribution in [0.2, 0.25) is 0 Å². The van der Waals surface area contributed by atoms with Gasteiger partial charge >= 0.3 is 5.97 Å². The van der Waals surface area contributed by atoms with Crippen molar-refractivity contribution in [2.75, 3.05) is 52.5 Å². The number of nitrogens with one attached hydrogen (secondary N) is 1. The molecule has 1 aliphatic rings. The molecule has 0 aliphatic carbocycles. The lowest BCUT2D eigenvalue weighted by Gasteiger charge is -2.20. The molecule has 0 spiro atoms. The van der Waals surface area contributed by atoms with Crippen LogP contribution in [0.5, 0.6) is 11.5 Å². The number of benzene rings is 1. The molecule has 0 aromatic heterocycles. The topological polar surface area (TPSA) is 103 Å². The second-order valence-electron chi connectivity index (χ2n) is 5.89. The van der Waals surface area contributed by atoms with Crippen molar-refractivity contribution in [2.45, 2.75) is 6.42 Å². The zero-order valence-electron chi connectivity index (χ0n) is 15.6. The van der Waals surface area contributed by atoms with Crippen LogP contribution in [0.1, 0.15) is 6.42 Å². The normalized spacial score (nSPS) is 16.2. The number of anilines is 1. The molecule has 9 nitrogen and oxygen atoms in total. The number of amides is 2. The van der Waals surface area contributed by atoms with Gasteiger partial charge in [0.2, 0.25) is 5.91 Å². The highest BCUT2D eigenvalue weighted by atomic mass is 16.5. The fourth-order valence-electron chi connectivity index (χ4n) is 2.70. The van der Waals surface area contributed by atoms with Crippen molar-refractivity contribution in [3.8, 4) is 11.5 Å². The highest BCUT2D eigenvalue weighted by Gasteiger charge is 2.37. The van der Waals surface area contributed by atoms with Crippen LogP contribution >= 0.6 is 0 Å². The number of carbonyl (C=O) groups is 3. The van der Waals surface area contributed by atoms with Gasteiger partial charge in [0.15, 0.2) is 6.61 Å². The van der Waals surface area contributed by atoms with Gasteiger partial charge in [-0.05, 0) is 12.1 Å². The molecule has 27 heavy (non-hydrogen) atoms. The van der Waals surface area contributed by atoms with Crippen molar-refractivity contribution in [3.63, 3.8) is 0 Å². The van der Waals surface area contributed by atoms with Gasteiger partial charge < -0.3 is 29.2 Å². The molecule has 0 radical (unpaired) electrons. The Morgan fingerprint density at radius 1 is 1.22 bits per heavy atom. The van der Waals surface area contributed by atoms with Gasteiger partial charge in [-0.25, -0.2) is 0 Å². The fraction of sp³-hybridized carbons (Fsp3) is 0.500. The second kappa shape index (κ2) is 9.77. The summed E-state index contributed by atoms with van der Waals surface area (Å²) in [6, 6.07) is 5.08. The largest absolute Gasteiger partial charge is 0.497 e. The summed E-state index contributed by atoms with van der Waals surface area (Å²) in [6.07, 6.45) is 0.0132. The van der Waals surface area contributed by atoms with Gasteiger partial charge in [0.1, 0.15) is 11.5 Å². The van der Waals surface area contributed by atoms with E-state index in [4.69, 9.17) is 18.9 Å². The molecular weight excluding hydrogens is 356 g/mol. The van der Waals surface area contributed by atoms with E-state index in [1.807, 2.05) is 0 Å². The molecule has 1 N–H and O–H groups in total. The number of methoxy groups -OCH3 is 3. The molecule has 1 fully saturated rings. The Morgan fingerprint density at radius 2 is 2.00 bits per heavy atom. The Bertz CT molecular complexity index is 692. The molecule has 9 heteroatoms. The third kappa shape index (κ3) is 5.33. The molecule has 2 amide bonds. The van der Waals surface area contributed by atoms with Crippen molar-refractivity contribution in [3.05, 3.63) is 18.2 Å². The zero-order chi connectivity index (χ0) is 19.8. The van der Waals surface area contributed by atoms with Crippen LogP contribution in [-0.4, -0.2) is 65.4 Å². The van der Waals surface area contributed by atoms with Gasteiger partial charge in [-0.3, -0.25) is 14.4 Å². The quantitative estimate of drug-likeness (QED) is 0.487. The SMILES string of the molecule is COCCNC(=O)COC(=O)[C@H]1CC(=O)N(c2ccc(OC)cc2OC)C1. The summed E-state index contributed by atoms with van der Waals surface area (Å²) >= 11 is 0. The lowest BCUT2D eigenvalue weighted by atomic mass is 10.1. The summed E-state index contributed by atoms with van der Waals surface area (Å²) in [6.45, 7) is 0.472. The first-order chi connectivity index (χ1) is 13.0. The molecule has 0 unspecified atom stereocenters. The molecule has 2 rings (SSSR count). The van der Waals surface area contributed by atoms with E-state index in [1.165, 1.54) is 26.2 Å². The third-order valence-electron chi connectivity index (χ3n) is 4.11. The highest BCUT2D eigenvalue weighted by Crippen LogP contribution is 2.35. The molecule has 1 saturated heterocycles. The number of carbonyl (C=O) groups excluding carboxylic acids is 3. The minimum absolute atomic E-state index is 0.0132. The maximum Gasteiger partial charge on any atom is 0.311 e. The van der Waals surface area contributed by atoms with E-state index in [-0.39, 0.29) is 25.5 Å². The van der Waals surface area contributed by atoms with E-state index >= 15 is 0 Å². The Hall–Kier alpha value is -2.81. The molecule has 148 valence electrons. The predicted molar refractivity (Wildman–Crippen MR) is 95.9 cm³/mol. The molecular formula is C18H24N2O7. The lowest BCUT2D eigenvalue weighted by molar-refractivity contribution is -0.152.